The second-order valence-corrected chi connectivity index (χ2v) is 5.17. The van der Waals surface area contributed by atoms with Gasteiger partial charge in [0.2, 0.25) is 0 Å². The normalized spacial score (nSPS) is 11.2. The fourth-order valence-corrected chi connectivity index (χ4v) is 2.41. The molecule has 0 radical (unpaired) electrons. The average molecular weight is 288 g/mol. The summed E-state index contributed by atoms with van der Waals surface area (Å²) < 4.78 is 0. The van der Waals surface area contributed by atoms with Gasteiger partial charge in [-0.25, -0.2) is 0 Å². The number of amides is 1. The van der Waals surface area contributed by atoms with E-state index in [0.717, 1.165) is 37.0 Å². The fraction of sp³-hybridized carbons (Fsp3) is 0.438. The third-order valence-corrected chi connectivity index (χ3v) is 3.72. The number of aromatic amines is 1. The van der Waals surface area contributed by atoms with Crippen molar-refractivity contribution in [3.63, 3.8) is 0 Å². The van der Waals surface area contributed by atoms with Crippen LogP contribution in [-0.4, -0.2) is 42.0 Å². The van der Waals surface area contributed by atoms with Crippen molar-refractivity contribution in [3.05, 3.63) is 30.0 Å². The molecule has 0 aliphatic carbocycles. The standard InChI is InChI=1S/C16H24N4O/c1-3-20(4-2)9-5-8-18-16(21)15-11-12-10-13(17)6-7-14(12)19-15/h6-7,10-11,19H,3-5,8-9,17H2,1-2H3,(H,18,21). The Hall–Kier alpha value is -2.01. The van der Waals surface area contributed by atoms with Gasteiger partial charge in [0.15, 0.2) is 0 Å². The predicted molar refractivity (Wildman–Crippen MR) is 87.4 cm³/mol. The first kappa shape index (κ1) is 15.4. The summed E-state index contributed by atoms with van der Waals surface area (Å²) in [6, 6.07) is 7.42. The maximum absolute atomic E-state index is 12.1. The highest BCUT2D eigenvalue weighted by Gasteiger charge is 2.09. The zero-order valence-corrected chi connectivity index (χ0v) is 12.8. The van der Waals surface area contributed by atoms with Gasteiger partial charge in [-0.1, -0.05) is 13.8 Å². The van der Waals surface area contributed by atoms with E-state index in [9.17, 15) is 4.79 Å². The lowest BCUT2D eigenvalue weighted by atomic mass is 10.2. The molecule has 2 rings (SSSR count). The number of aromatic nitrogens is 1. The van der Waals surface area contributed by atoms with Crippen LogP contribution in [0.1, 0.15) is 30.8 Å². The van der Waals surface area contributed by atoms with E-state index in [1.165, 1.54) is 0 Å². The van der Waals surface area contributed by atoms with E-state index in [-0.39, 0.29) is 5.91 Å². The highest BCUT2D eigenvalue weighted by molar-refractivity contribution is 5.98. The van der Waals surface area contributed by atoms with Gasteiger partial charge in [-0.15, -0.1) is 0 Å². The molecule has 1 aromatic heterocycles. The molecule has 4 N–H and O–H groups in total. The third-order valence-electron chi connectivity index (χ3n) is 3.72. The zero-order valence-electron chi connectivity index (χ0n) is 12.8. The topological polar surface area (TPSA) is 74.2 Å². The Bertz CT molecular complexity index is 601. The van der Waals surface area contributed by atoms with Crippen LogP contribution in [0.5, 0.6) is 0 Å². The molecule has 2 aromatic rings. The molecule has 5 heteroatoms. The number of carbonyl (C=O) groups is 1. The Morgan fingerprint density at radius 1 is 1.29 bits per heavy atom. The van der Waals surface area contributed by atoms with Crippen LogP contribution >= 0.6 is 0 Å². The summed E-state index contributed by atoms with van der Waals surface area (Å²) in [4.78, 5) is 17.6. The fourth-order valence-electron chi connectivity index (χ4n) is 2.41. The number of nitrogen functional groups attached to an aromatic ring is 1. The van der Waals surface area contributed by atoms with E-state index >= 15 is 0 Å². The van der Waals surface area contributed by atoms with Gasteiger partial charge in [0.05, 0.1) is 0 Å². The van der Waals surface area contributed by atoms with Gasteiger partial charge in [0, 0.05) is 23.1 Å². The molecule has 114 valence electrons. The van der Waals surface area contributed by atoms with E-state index in [1.807, 2.05) is 24.3 Å². The molecular weight excluding hydrogens is 264 g/mol. The Morgan fingerprint density at radius 2 is 2.05 bits per heavy atom. The minimum atomic E-state index is -0.0654. The molecule has 1 heterocycles. The minimum absolute atomic E-state index is 0.0654. The van der Waals surface area contributed by atoms with Crippen LogP contribution in [-0.2, 0) is 0 Å². The first-order valence-electron chi connectivity index (χ1n) is 7.52. The first-order chi connectivity index (χ1) is 10.1. The van der Waals surface area contributed by atoms with E-state index in [1.54, 1.807) is 0 Å². The van der Waals surface area contributed by atoms with Crippen molar-refractivity contribution < 1.29 is 4.79 Å². The number of nitrogens with two attached hydrogens (primary N) is 1. The van der Waals surface area contributed by atoms with E-state index < -0.39 is 0 Å². The van der Waals surface area contributed by atoms with Gasteiger partial charge >= 0.3 is 0 Å². The van der Waals surface area contributed by atoms with Gasteiger partial charge in [-0.3, -0.25) is 4.79 Å². The molecule has 0 aliphatic heterocycles. The number of rotatable bonds is 7. The number of benzene rings is 1. The summed E-state index contributed by atoms with van der Waals surface area (Å²) in [5, 5.41) is 3.91. The summed E-state index contributed by atoms with van der Waals surface area (Å²) >= 11 is 0. The maximum atomic E-state index is 12.1. The number of fused-ring (bicyclic) bond motifs is 1. The summed E-state index contributed by atoms with van der Waals surface area (Å²) in [6.45, 7) is 8.10. The predicted octanol–water partition coefficient (Wildman–Crippen LogP) is 2.21. The van der Waals surface area contributed by atoms with Gasteiger partial charge in [0.25, 0.3) is 5.91 Å². The average Bonchev–Trinajstić information content (AvgIpc) is 2.90. The van der Waals surface area contributed by atoms with Crippen molar-refractivity contribution in [2.24, 2.45) is 0 Å². The summed E-state index contributed by atoms with van der Waals surface area (Å²) in [5.74, 6) is -0.0654. The SMILES string of the molecule is CCN(CC)CCCNC(=O)c1cc2cc(N)ccc2[nH]1. The minimum Gasteiger partial charge on any atom is -0.399 e. The van der Waals surface area contributed by atoms with Gasteiger partial charge in [-0.05, 0) is 50.3 Å². The number of anilines is 1. The summed E-state index contributed by atoms with van der Waals surface area (Å²) in [6.07, 6.45) is 0.959. The smallest absolute Gasteiger partial charge is 0.267 e. The monoisotopic (exact) mass is 288 g/mol. The van der Waals surface area contributed by atoms with Crippen molar-refractivity contribution in [1.29, 1.82) is 0 Å². The quantitative estimate of drug-likeness (QED) is 0.540. The maximum Gasteiger partial charge on any atom is 0.267 e. The van der Waals surface area contributed by atoms with Crippen molar-refractivity contribution in [3.8, 4) is 0 Å². The number of hydrogen-bond acceptors (Lipinski definition) is 3. The van der Waals surface area contributed by atoms with Crippen LogP contribution in [0.3, 0.4) is 0 Å². The molecule has 0 bridgehead atoms. The van der Waals surface area contributed by atoms with Crippen LogP contribution in [0.25, 0.3) is 10.9 Å². The van der Waals surface area contributed by atoms with Crippen LogP contribution in [0, 0.1) is 0 Å². The molecule has 0 aliphatic rings. The molecule has 0 atom stereocenters. The number of nitrogens with zero attached hydrogens (tertiary/aromatic N) is 1. The molecule has 1 aromatic carbocycles. The molecule has 0 saturated carbocycles. The molecule has 0 saturated heterocycles. The van der Waals surface area contributed by atoms with Crippen LogP contribution in [0.4, 0.5) is 5.69 Å². The van der Waals surface area contributed by atoms with Crippen molar-refractivity contribution >= 4 is 22.5 Å². The summed E-state index contributed by atoms with van der Waals surface area (Å²) in [5.41, 5.74) is 7.95. The number of hydrogen-bond donors (Lipinski definition) is 3. The molecule has 5 nitrogen and oxygen atoms in total. The largest absolute Gasteiger partial charge is 0.399 e. The van der Waals surface area contributed by atoms with Crippen molar-refractivity contribution in [1.82, 2.24) is 15.2 Å². The van der Waals surface area contributed by atoms with Gasteiger partial charge in [-0.2, -0.15) is 0 Å². The van der Waals surface area contributed by atoms with Crippen LogP contribution in [0.15, 0.2) is 24.3 Å². The molecule has 0 fully saturated rings. The Labute approximate surface area is 125 Å². The van der Waals surface area contributed by atoms with E-state index in [2.05, 4.69) is 29.0 Å². The van der Waals surface area contributed by atoms with Gasteiger partial charge < -0.3 is 20.9 Å². The third kappa shape index (κ3) is 3.98. The number of carbonyl (C=O) groups excluding carboxylic acids is 1. The lowest BCUT2D eigenvalue weighted by molar-refractivity contribution is 0.0947. The number of H-pyrrole nitrogens is 1. The molecule has 21 heavy (non-hydrogen) atoms. The zero-order chi connectivity index (χ0) is 15.2. The lowest BCUT2D eigenvalue weighted by Crippen LogP contribution is -2.30. The molecule has 1 amide bonds. The first-order valence-corrected chi connectivity index (χ1v) is 7.52. The van der Waals surface area contributed by atoms with Gasteiger partial charge in [0.1, 0.15) is 5.69 Å². The van der Waals surface area contributed by atoms with E-state index in [0.29, 0.717) is 17.9 Å². The van der Waals surface area contributed by atoms with Crippen LogP contribution in [0.2, 0.25) is 0 Å². The number of nitrogens with one attached hydrogen (secondary N) is 2. The van der Waals surface area contributed by atoms with Crippen molar-refractivity contribution in [2.75, 3.05) is 31.9 Å². The van der Waals surface area contributed by atoms with Crippen LogP contribution < -0.4 is 11.1 Å². The Balaban J connectivity index is 1.87. The highest BCUT2D eigenvalue weighted by atomic mass is 16.1. The molecular formula is C16H24N4O. The highest BCUT2D eigenvalue weighted by Crippen LogP contribution is 2.18. The second kappa shape index (κ2) is 7.13. The lowest BCUT2D eigenvalue weighted by Gasteiger charge is -2.17. The Morgan fingerprint density at radius 3 is 2.76 bits per heavy atom. The molecule has 0 unspecified atom stereocenters. The van der Waals surface area contributed by atoms with E-state index in [4.69, 9.17) is 5.73 Å². The van der Waals surface area contributed by atoms with Crippen molar-refractivity contribution in [2.45, 2.75) is 20.3 Å². The summed E-state index contributed by atoms with van der Waals surface area (Å²) in [7, 11) is 0. The second-order valence-electron chi connectivity index (χ2n) is 5.17. The molecule has 0 spiro atoms. The Kier molecular flexibility index (Phi) is 5.22.